The average molecular weight is 441 g/mol. The molecule has 1 aliphatic heterocycles. The number of nitrogens with one attached hydrogen (secondary N) is 2. The van der Waals surface area contributed by atoms with E-state index in [-0.39, 0.29) is 18.5 Å². The molecule has 0 saturated carbocycles. The minimum Gasteiger partial charge on any atom is -0.493 e. The largest absolute Gasteiger partial charge is 0.493 e. The first kappa shape index (κ1) is 22.6. The molecule has 2 N–H and O–H groups in total. The van der Waals surface area contributed by atoms with E-state index in [0.29, 0.717) is 17.2 Å². The molecule has 2 aromatic carbocycles. The maximum atomic E-state index is 12.5. The van der Waals surface area contributed by atoms with E-state index in [4.69, 9.17) is 14.2 Å². The highest BCUT2D eigenvalue weighted by Crippen LogP contribution is 2.27. The summed E-state index contributed by atoms with van der Waals surface area (Å²) in [6.45, 7) is -0.534. The van der Waals surface area contributed by atoms with E-state index in [2.05, 4.69) is 10.7 Å². The number of nitrogens with zero attached hydrogens (tertiary/aromatic N) is 1. The van der Waals surface area contributed by atoms with Crippen molar-refractivity contribution in [3.8, 4) is 11.5 Å². The van der Waals surface area contributed by atoms with Crippen LogP contribution in [0.2, 0.25) is 0 Å². The quantitative estimate of drug-likeness (QED) is 0.593. The molecule has 168 valence electrons. The van der Waals surface area contributed by atoms with Crippen LogP contribution in [0.15, 0.2) is 48.5 Å². The molecular formula is C22H23N3O7. The predicted molar refractivity (Wildman–Crippen MR) is 113 cm³/mol. The summed E-state index contributed by atoms with van der Waals surface area (Å²) in [5.74, 6) is -2.14. The van der Waals surface area contributed by atoms with Crippen LogP contribution in [-0.4, -0.2) is 56.1 Å². The lowest BCUT2D eigenvalue weighted by molar-refractivity contribution is -0.151. The summed E-state index contributed by atoms with van der Waals surface area (Å²) in [5.41, 5.74) is 3.30. The molecule has 1 fully saturated rings. The molecule has 1 atom stereocenters. The fourth-order valence-electron chi connectivity index (χ4n) is 3.11. The number of carbonyl (C=O) groups excluding carboxylic acids is 4. The first-order valence-electron chi connectivity index (χ1n) is 9.76. The van der Waals surface area contributed by atoms with E-state index in [1.807, 2.05) is 6.07 Å². The Morgan fingerprint density at radius 1 is 1.03 bits per heavy atom. The molecule has 1 heterocycles. The minimum absolute atomic E-state index is 0.0585. The Kier molecular flexibility index (Phi) is 7.27. The van der Waals surface area contributed by atoms with E-state index in [9.17, 15) is 19.2 Å². The second kappa shape index (κ2) is 10.3. The van der Waals surface area contributed by atoms with Gasteiger partial charge in [0.25, 0.3) is 11.8 Å². The Hall–Kier alpha value is -4.08. The van der Waals surface area contributed by atoms with Crippen LogP contribution in [0.4, 0.5) is 5.69 Å². The zero-order chi connectivity index (χ0) is 23.1. The number of rotatable bonds is 8. The smallest absolute Gasteiger partial charge is 0.311 e. The maximum Gasteiger partial charge on any atom is 0.311 e. The summed E-state index contributed by atoms with van der Waals surface area (Å²) < 4.78 is 15.3. The Balaban J connectivity index is 1.51. The van der Waals surface area contributed by atoms with Gasteiger partial charge in [0, 0.05) is 17.7 Å². The minimum atomic E-state index is -0.794. The van der Waals surface area contributed by atoms with Crippen LogP contribution < -0.4 is 20.2 Å². The van der Waals surface area contributed by atoms with Gasteiger partial charge in [0.15, 0.2) is 18.1 Å². The summed E-state index contributed by atoms with van der Waals surface area (Å²) in [7, 11) is 2.92. The monoisotopic (exact) mass is 441 g/mol. The van der Waals surface area contributed by atoms with Crippen LogP contribution in [0.5, 0.6) is 11.5 Å². The number of esters is 1. The second-order valence-corrected chi connectivity index (χ2v) is 6.94. The third-order valence-electron chi connectivity index (χ3n) is 4.74. The number of hydrazine groups is 1. The number of anilines is 1. The first-order valence-corrected chi connectivity index (χ1v) is 9.76. The topological polar surface area (TPSA) is 123 Å². The van der Waals surface area contributed by atoms with E-state index in [1.165, 1.54) is 26.4 Å². The summed E-state index contributed by atoms with van der Waals surface area (Å²) in [4.78, 5) is 48.9. The zero-order valence-electron chi connectivity index (χ0n) is 17.6. The standard InChI is InChI=1S/C22H23N3O7/c1-30-17-9-8-14(10-18(17)31-2)21(28)24-25-12-15(11-20(25)27)22(29)32-13-19(26)23-16-6-4-3-5-7-16/h3-10,15H,11-13H2,1-2H3,(H,23,26)(H,24,28)/t15-/m1/s1. The van der Waals surface area contributed by atoms with Gasteiger partial charge in [-0.1, -0.05) is 18.2 Å². The van der Waals surface area contributed by atoms with E-state index in [0.717, 1.165) is 5.01 Å². The van der Waals surface area contributed by atoms with Gasteiger partial charge in [-0.2, -0.15) is 0 Å². The number of amides is 3. The fraction of sp³-hybridized carbons (Fsp3) is 0.273. The third-order valence-corrected chi connectivity index (χ3v) is 4.74. The molecule has 0 radical (unpaired) electrons. The van der Waals surface area contributed by atoms with Crippen LogP contribution in [0.1, 0.15) is 16.8 Å². The van der Waals surface area contributed by atoms with Crippen LogP contribution in [-0.2, 0) is 19.1 Å². The number of carbonyl (C=O) groups is 4. The lowest BCUT2D eigenvalue weighted by Crippen LogP contribution is -2.43. The van der Waals surface area contributed by atoms with Gasteiger partial charge in [0.2, 0.25) is 5.91 Å². The molecule has 0 bridgehead atoms. The number of para-hydroxylation sites is 1. The van der Waals surface area contributed by atoms with Gasteiger partial charge >= 0.3 is 5.97 Å². The molecule has 0 aromatic heterocycles. The highest BCUT2D eigenvalue weighted by molar-refractivity contribution is 5.97. The SMILES string of the molecule is COc1ccc(C(=O)NN2C[C@H](C(=O)OCC(=O)Nc3ccccc3)CC2=O)cc1OC. The van der Waals surface area contributed by atoms with Crippen molar-refractivity contribution in [3.63, 3.8) is 0 Å². The molecular weight excluding hydrogens is 418 g/mol. The number of benzene rings is 2. The normalized spacial score (nSPS) is 15.1. The maximum absolute atomic E-state index is 12.5. The number of methoxy groups -OCH3 is 2. The van der Waals surface area contributed by atoms with Crippen molar-refractivity contribution >= 4 is 29.4 Å². The molecule has 10 nitrogen and oxygen atoms in total. The number of hydrogen-bond acceptors (Lipinski definition) is 7. The van der Waals surface area contributed by atoms with Crippen molar-refractivity contribution in [2.24, 2.45) is 5.92 Å². The van der Waals surface area contributed by atoms with Crippen molar-refractivity contribution in [2.75, 3.05) is 32.7 Å². The molecule has 2 aromatic rings. The van der Waals surface area contributed by atoms with Crippen molar-refractivity contribution in [1.82, 2.24) is 10.4 Å². The van der Waals surface area contributed by atoms with Crippen molar-refractivity contribution < 1.29 is 33.4 Å². The van der Waals surface area contributed by atoms with Crippen LogP contribution in [0, 0.1) is 5.92 Å². The van der Waals surface area contributed by atoms with E-state index < -0.39 is 36.2 Å². The molecule has 32 heavy (non-hydrogen) atoms. The average Bonchev–Trinajstić information content (AvgIpc) is 3.17. The fourth-order valence-corrected chi connectivity index (χ4v) is 3.11. The predicted octanol–water partition coefficient (Wildman–Crippen LogP) is 1.38. The Morgan fingerprint density at radius 2 is 1.75 bits per heavy atom. The van der Waals surface area contributed by atoms with Crippen molar-refractivity contribution in [2.45, 2.75) is 6.42 Å². The molecule has 3 amide bonds. The van der Waals surface area contributed by atoms with E-state index >= 15 is 0 Å². The molecule has 10 heteroatoms. The van der Waals surface area contributed by atoms with Crippen LogP contribution in [0.25, 0.3) is 0 Å². The second-order valence-electron chi connectivity index (χ2n) is 6.94. The summed E-state index contributed by atoms with van der Waals surface area (Å²) in [6, 6.07) is 13.3. The lowest BCUT2D eigenvalue weighted by atomic mass is 10.1. The van der Waals surface area contributed by atoms with E-state index in [1.54, 1.807) is 30.3 Å². The molecule has 1 saturated heterocycles. The summed E-state index contributed by atoms with van der Waals surface area (Å²) in [5, 5.41) is 3.66. The Bertz CT molecular complexity index is 1010. The Labute approximate surface area is 184 Å². The van der Waals surface area contributed by atoms with Gasteiger partial charge in [0.05, 0.1) is 26.7 Å². The van der Waals surface area contributed by atoms with Crippen LogP contribution in [0.3, 0.4) is 0 Å². The molecule has 0 spiro atoms. The van der Waals surface area contributed by atoms with Crippen molar-refractivity contribution in [1.29, 1.82) is 0 Å². The van der Waals surface area contributed by atoms with Gasteiger partial charge in [0.1, 0.15) is 0 Å². The van der Waals surface area contributed by atoms with Gasteiger partial charge < -0.3 is 19.5 Å². The molecule has 0 aliphatic carbocycles. The highest BCUT2D eigenvalue weighted by atomic mass is 16.5. The van der Waals surface area contributed by atoms with Crippen LogP contribution >= 0.6 is 0 Å². The number of ether oxygens (including phenoxy) is 3. The summed E-state index contributed by atoms with van der Waals surface area (Å²) in [6.07, 6.45) is -0.134. The molecule has 1 aliphatic rings. The van der Waals surface area contributed by atoms with Gasteiger partial charge in [-0.05, 0) is 30.3 Å². The van der Waals surface area contributed by atoms with Gasteiger partial charge in [-0.15, -0.1) is 0 Å². The van der Waals surface area contributed by atoms with Crippen molar-refractivity contribution in [3.05, 3.63) is 54.1 Å². The third kappa shape index (κ3) is 5.54. The molecule has 0 unspecified atom stereocenters. The Morgan fingerprint density at radius 3 is 2.44 bits per heavy atom. The van der Waals surface area contributed by atoms with Gasteiger partial charge in [-0.25, -0.2) is 0 Å². The highest BCUT2D eigenvalue weighted by Gasteiger charge is 2.36. The molecule has 3 rings (SSSR count). The number of hydrogen-bond donors (Lipinski definition) is 2. The van der Waals surface area contributed by atoms with Gasteiger partial charge in [-0.3, -0.25) is 29.6 Å². The zero-order valence-corrected chi connectivity index (χ0v) is 17.6. The lowest BCUT2D eigenvalue weighted by Gasteiger charge is -2.18. The summed E-state index contributed by atoms with van der Waals surface area (Å²) >= 11 is 0. The first-order chi connectivity index (χ1) is 15.4.